The summed E-state index contributed by atoms with van der Waals surface area (Å²) in [6.07, 6.45) is 2.92. The molecule has 1 unspecified atom stereocenters. The summed E-state index contributed by atoms with van der Waals surface area (Å²) in [5.74, 6) is 0.482. The highest BCUT2D eigenvalue weighted by Crippen LogP contribution is 2.20. The van der Waals surface area contributed by atoms with E-state index in [-0.39, 0.29) is 12.4 Å². The van der Waals surface area contributed by atoms with E-state index in [4.69, 9.17) is 9.47 Å². The Hall–Kier alpha value is -0.160. The monoisotopic (exact) mass is 259 g/mol. The molecular formula is C14H29NO3. The third kappa shape index (κ3) is 5.65. The van der Waals surface area contributed by atoms with Gasteiger partial charge < -0.3 is 19.5 Å². The molecule has 0 spiro atoms. The summed E-state index contributed by atoms with van der Waals surface area (Å²) >= 11 is 0. The van der Waals surface area contributed by atoms with Gasteiger partial charge in [-0.05, 0) is 52.6 Å². The van der Waals surface area contributed by atoms with Crippen molar-refractivity contribution in [2.45, 2.75) is 52.4 Å². The van der Waals surface area contributed by atoms with Gasteiger partial charge in [0.25, 0.3) is 0 Å². The smallest absolute Gasteiger partial charge is 0.158 e. The Bertz CT molecular complexity index is 197. The van der Waals surface area contributed by atoms with Crippen LogP contribution in [-0.4, -0.2) is 55.2 Å². The van der Waals surface area contributed by atoms with Crippen LogP contribution in [0.5, 0.6) is 0 Å². The topological polar surface area (TPSA) is 41.9 Å². The molecule has 0 aliphatic carbocycles. The number of hydrogen-bond donors (Lipinski definition) is 1. The van der Waals surface area contributed by atoms with Crippen molar-refractivity contribution in [3.8, 4) is 0 Å². The summed E-state index contributed by atoms with van der Waals surface area (Å²) in [6.45, 7) is 10.5. The van der Waals surface area contributed by atoms with Gasteiger partial charge in [-0.15, -0.1) is 0 Å². The predicted molar refractivity (Wildman–Crippen MR) is 72.5 cm³/mol. The van der Waals surface area contributed by atoms with Gasteiger partial charge in [-0.1, -0.05) is 0 Å². The quantitative estimate of drug-likeness (QED) is 0.676. The molecule has 1 saturated heterocycles. The standard InChI is InChI=1S/C14H29NO3/c1-4-17-14(18-5-2)8-11-15-9-6-13(7-10-15)12(3)16/h12-14,16H,4-11H2,1-3H3. The molecule has 0 bridgehead atoms. The maximum absolute atomic E-state index is 9.56. The molecule has 18 heavy (non-hydrogen) atoms. The summed E-state index contributed by atoms with van der Waals surface area (Å²) in [6, 6.07) is 0. The molecule has 1 aliphatic rings. The molecule has 1 heterocycles. The van der Waals surface area contributed by atoms with Gasteiger partial charge in [0.05, 0.1) is 6.10 Å². The lowest BCUT2D eigenvalue weighted by atomic mass is 9.92. The summed E-state index contributed by atoms with van der Waals surface area (Å²) in [7, 11) is 0. The summed E-state index contributed by atoms with van der Waals surface area (Å²) < 4.78 is 11.1. The van der Waals surface area contributed by atoms with E-state index < -0.39 is 0 Å². The highest BCUT2D eigenvalue weighted by Gasteiger charge is 2.23. The number of rotatable bonds is 8. The second kappa shape index (κ2) is 8.86. The van der Waals surface area contributed by atoms with Crippen molar-refractivity contribution in [3.05, 3.63) is 0 Å². The molecule has 1 rings (SSSR count). The molecule has 0 aromatic rings. The van der Waals surface area contributed by atoms with Crippen molar-refractivity contribution in [1.82, 2.24) is 4.90 Å². The zero-order chi connectivity index (χ0) is 13.4. The van der Waals surface area contributed by atoms with Crippen molar-refractivity contribution in [2.75, 3.05) is 32.8 Å². The van der Waals surface area contributed by atoms with Crippen molar-refractivity contribution in [1.29, 1.82) is 0 Å². The molecular weight excluding hydrogens is 230 g/mol. The largest absolute Gasteiger partial charge is 0.393 e. The fourth-order valence-electron chi connectivity index (χ4n) is 2.53. The highest BCUT2D eigenvalue weighted by atomic mass is 16.7. The second-order valence-corrected chi connectivity index (χ2v) is 5.05. The minimum absolute atomic E-state index is 0.0607. The lowest BCUT2D eigenvalue weighted by molar-refractivity contribution is -0.142. The van der Waals surface area contributed by atoms with E-state index in [1.54, 1.807) is 0 Å². The molecule has 1 aliphatic heterocycles. The lowest BCUT2D eigenvalue weighted by Gasteiger charge is -2.33. The predicted octanol–water partition coefficient (Wildman–Crippen LogP) is 1.87. The van der Waals surface area contributed by atoms with E-state index >= 15 is 0 Å². The average Bonchev–Trinajstić information content (AvgIpc) is 2.37. The van der Waals surface area contributed by atoms with Crippen LogP contribution < -0.4 is 0 Å². The minimum atomic E-state index is -0.160. The molecule has 4 nitrogen and oxygen atoms in total. The van der Waals surface area contributed by atoms with E-state index in [0.717, 1.165) is 38.9 Å². The van der Waals surface area contributed by atoms with E-state index in [2.05, 4.69) is 4.90 Å². The van der Waals surface area contributed by atoms with Gasteiger partial charge in [-0.3, -0.25) is 0 Å². The van der Waals surface area contributed by atoms with Gasteiger partial charge in [-0.25, -0.2) is 0 Å². The Labute approximate surface area is 111 Å². The van der Waals surface area contributed by atoms with Crippen LogP contribution in [-0.2, 0) is 9.47 Å². The van der Waals surface area contributed by atoms with E-state index in [0.29, 0.717) is 19.1 Å². The number of likely N-dealkylation sites (tertiary alicyclic amines) is 1. The van der Waals surface area contributed by atoms with Gasteiger partial charge in [0, 0.05) is 26.2 Å². The number of piperidine rings is 1. The Morgan fingerprint density at radius 2 is 1.72 bits per heavy atom. The number of nitrogens with zero attached hydrogens (tertiary/aromatic N) is 1. The first kappa shape index (κ1) is 15.9. The Balaban J connectivity index is 2.19. The minimum Gasteiger partial charge on any atom is -0.393 e. The molecule has 0 aromatic carbocycles. The van der Waals surface area contributed by atoms with E-state index in [9.17, 15) is 5.11 Å². The number of aliphatic hydroxyl groups excluding tert-OH is 1. The second-order valence-electron chi connectivity index (χ2n) is 5.05. The molecule has 4 heteroatoms. The first-order valence-corrected chi connectivity index (χ1v) is 7.31. The summed E-state index contributed by atoms with van der Waals surface area (Å²) in [5.41, 5.74) is 0. The van der Waals surface area contributed by atoms with Crippen molar-refractivity contribution in [2.24, 2.45) is 5.92 Å². The average molecular weight is 259 g/mol. The molecule has 0 saturated carbocycles. The van der Waals surface area contributed by atoms with E-state index in [1.807, 2.05) is 20.8 Å². The maximum atomic E-state index is 9.56. The molecule has 1 atom stereocenters. The van der Waals surface area contributed by atoms with Crippen molar-refractivity contribution < 1.29 is 14.6 Å². The SMILES string of the molecule is CCOC(CCN1CCC(C(C)O)CC1)OCC. The number of ether oxygens (including phenoxy) is 2. The normalized spacial score (nSPS) is 20.5. The van der Waals surface area contributed by atoms with Crippen molar-refractivity contribution in [3.63, 3.8) is 0 Å². The Kier molecular flexibility index (Phi) is 7.82. The van der Waals surface area contributed by atoms with Crippen LogP contribution in [0.25, 0.3) is 0 Å². The fraction of sp³-hybridized carbons (Fsp3) is 1.00. The Morgan fingerprint density at radius 1 is 1.17 bits per heavy atom. The van der Waals surface area contributed by atoms with Crippen LogP contribution in [0.1, 0.15) is 40.0 Å². The van der Waals surface area contributed by atoms with Gasteiger partial charge in [0.15, 0.2) is 6.29 Å². The fourth-order valence-corrected chi connectivity index (χ4v) is 2.53. The van der Waals surface area contributed by atoms with Crippen LogP contribution in [0.2, 0.25) is 0 Å². The zero-order valence-electron chi connectivity index (χ0n) is 12.1. The third-order valence-corrected chi connectivity index (χ3v) is 3.70. The first-order chi connectivity index (χ1) is 8.67. The van der Waals surface area contributed by atoms with Gasteiger partial charge in [0.2, 0.25) is 0 Å². The third-order valence-electron chi connectivity index (χ3n) is 3.70. The zero-order valence-corrected chi connectivity index (χ0v) is 12.1. The van der Waals surface area contributed by atoms with Crippen LogP contribution >= 0.6 is 0 Å². The number of aliphatic hydroxyl groups is 1. The molecule has 0 aromatic heterocycles. The maximum Gasteiger partial charge on any atom is 0.158 e. The summed E-state index contributed by atoms with van der Waals surface area (Å²) in [5, 5.41) is 9.56. The van der Waals surface area contributed by atoms with Gasteiger partial charge in [0.1, 0.15) is 0 Å². The molecule has 1 N–H and O–H groups in total. The van der Waals surface area contributed by atoms with Crippen LogP contribution in [0.3, 0.4) is 0 Å². The molecule has 108 valence electrons. The molecule has 1 fully saturated rings. The molecule has 0 radical (unpaired) electrons. The van der Waals surface area contributed by atoms with Crippen LogP contribution in [0, 0.1) is 5.92 Å². The van der Waals surface area contributed by atoms with Gasteiger partial charge >= 0.3 is 0 Å². The van der Waals surface area contributed by atoms with Gasteiger partial charge in [-0.2, -0.15) is 0 Å². The van der Waals surface area contributed by atoms with Crippen LogP contribution in [0.15, 0.2) is 0 Å². The highest BCUT2D eigenvalue weighted by molar-refractivity contribution is 4.75. The van der Waals surface area contributed by atoms with Crippen LogP contribution in [0.4, 0.5) is 0 Å². The first-order valence-electron chi connectivity index (χ1n) is 7.31. The van der Waals surface area contributed by atoms with Crippen molar-refractivity contribution >= 4 is 0 Å². The Morgan fingerprint density at radius 3 is 2.17 bits per heavy atom. The van der Waals surface area contributed by atoms with E-state index in [1.165, 1.54) is 0 Å². The number of hydrogen-bond acceptors (Lipinski definition) is 4. The molecule has 0 amide bonds. The summed E-state index contributed by atoms with van der Waals surface area (Å²) in [4.78, 5) is 2.45. The lowest BCUT2D eigenvalue weighted by Crippen LogP contribution is -2.38.